The molecule has 0 aliphatic carbocycles. The number of amides is 3. The standard InChI is InChI=1S/C17H23N3O4/c1-2-10-24-13-7-5-12(6-8-13)17(23)19-11-15(21)20-9-3-4-14(20)16(18)22/h5-8,14H,2-4,9-11H2,1H3,(H2,18,22)(H,19,23). The van der Waals surface area contributed by atoms with Crippen molar-refractivity contribution in [3.05, 3.63) is 29.8 Å². The van der Waals surface area contributed by atoms with Crippen molar-refractivity contribution >= 4 is 17.7 Å². The van der Waals surface area contributed by atoms with E-state index in [-0.39, 0.29) is 18.4 Å². The number of rotatable bonds is 7. The molecule has 0 aromatic heterocycles. The molecule has 1 aliphatic heterocycles. The molecule has 0 saturated carbocycles. The van der Waals surface area contributed by atoms with Gasteiger partial charge in [-0.05, 0) is 43.5 Å². The highest BCUT2D eigenvalue weighted by atomic mass is 16.5. The Hall–Kier alpha value is -2.57. The van der Waals surface area contributed by atoms with Gasteiger partial charge in [-0.3, -0.25) is 14.4 Å². The molecular weight excluding hydrogens is 310 g/mol. The molecule has 3 N–H and O–H groups in total. The first-order chi connectivity index (χ1) is 11.5. The van der Waals surface area contributed by atoms with Gasteiger partial charge in [0.15, 0.2) is 0 Å². The highest BCUT2D eigenvalue weighted by Gasteiger charge is 2.32. The molecule has 3 amide bonds. The van der Waals surface area contributed by atoms with Gasteiger partial charge in [-0.25, -0.2) is 0 Å². The third-order valence-electron chi connectivity index (χ3n) is 3.89. The molecule has 7 nitrogen and oxygen atoms in total. The Morgan fingerprint density at radius 1 is 1.29 bits per heavy atom. The minimum atomic E-state index is -0.565. The molecule has 1 saturated heterocycles. The van der Waals surface area contributed by atoms with Gasteiger partial charge in [0.1, 0.15) is 11.8 Å². The Labute approximate surface area is 141 Å². The molecule has 0 spiro atoms. The molecule has 1 aromatic carbocycles. The number of nitrogens with zero attached hydrogens (tertiary/aromatic N) is 1. The van der Waals surface area contributed by atoms with E-state index in [0.29, 0.717) is 30.9 Å². The van der Waals surface area contributed by atoms with Gasteiger partial charge in [-0.2, -0.15) is 0 Å². The molecule has 0 bridgehead atoms. The molecule has 0 radical (unpaired) electrons. The van der Waals surface area contributed by atoms with Crippen molar-refractivity contribution in [2.45, 2.75) is 32.2 Å². The number of ether oxygens (including phenoxy) is 1. The van der Waals surface area contributed by atoms with Gasteiger partial charge >= 0.3 is 0 Å². The average molecular weight is 333 g/mol. The second-order valence-electron chi connectivity index (χ2n) is 5.70. The molecule has 1 fully saturated rings. The number of carbonyl (C=O) groups is 3. The van der Waals surface area contributed by atoms with E-state index in [0.717, 1.165) is 12.8 Å². The lowest BCUT2D eigenvalue weighted by Gasteiger charge is -2.22. The van der Waals surface area contributed by atoms with E-state index in [9.17, 15) is 14.4 Å². The summed E-state index contributed by atoms with van der Waals surface area (Å²) in [6, 6.07) is 6.16. The Balaban J connectivity index is 1.86. The summed E-state index contributed by atoms with van der Waals surface area (Å²) in [5.41, 5.74) is 5.73. The van der Waals surface area contributed by atoms with Crippen LogP contribution in [0.15, 0.2) is 24.3 Å². The topological polar surface area (TPSA) is 102 Å². The number of carbonyl (C=O) groups excluding carboxylic acids is 3. The average Bonchev–Trinajstić information content (AvgIpc) is 3.08. The SMILES string of the molecule is CCCOc1ccc(C(=O)NCC(=O)N2CCCC2C(N)=O)cc1. The highest BCUT2D eigenvalue weighted by Crippen LogP contribution is 2.17. The van der Waals surface area contributed by atoms with Crippen LogP contribution >= 0.6 is 0 Å². The van der Waals surface area contributed by atoms with Crippen LogP contribution in [0.3, 0.4) is 0 Å². The minimum Gasteiger partial charge on any atom is -0.494 e. The normalized spacial score (nSPS) is 16.7. The predicted molar refractivity (Wildman–Crippen MR) is 88.5 cm³/mol. The quantitative estimate of drug-likeness (QED) is 0.766. The molecule has 130 valence electrons. The summed E-state index contributed by atoms with van der Waals surface area (Å²) in [5.74, 6) is -0.451. The van der Waals surface area contributed by atoms with E-state index in [1.807, 2.05) is 6.92 Å². The first-order valence-electron chi connectivity index (χ1n) is 8.12. The number of benzene rings is 1. The Kier molecular flexibility index (Phi) is 6.17. The summed E-state index contributed by atoms with van der Waals surface area (Å²) in [5, 5.41) is 2.57. The number of hydrogen-bond donors (Lipinski definition) is 2. The number of primary amides is 1. The van der Waals surface area contributed by atoms with Crippen LogP contribution < -0.4 is 15.8 Å². The van der Waals surface area contributed by atoms with E-state index in [4.69, 9.17) is 10.5 Å². The number of hydrogen-bond acceptors (Lipinski definition) is 4. The summed E-state index contributed by atoms with van der Waals surface area (Å²) in [4.78, 5) is 37.0. The maximum atomic E-state index is 12.2. The van der Waals surface area contributed by atoms with Crippen molar-refractivity contribution in [3.8, 4) is 5.75 Å². The zero-order valence-corrected chi connectivity index (χ0v) is 13.8. The molecule has 1 atom stereocenters. The second-order valence-corrected chi connectivity index (χ2v) is 5.70. The van der Waals surface area contributed by atoms with Crippen molar-refractivity contribution in [1.82, 2.24) is 10.2 Å². The van der Waals surface area contributed by atoms with Crippen LogP contribution in [0.25, 0.3) is 0 Å². The van der Waals surface area contributed by atoms with Crippen molar-refractivity contribution in [3.63, 3.8) is 0 Å². The molecule has 2 rings (SSSR count). The Morgan fingerprint density at radius 2 is 2.00 bits per heavy atom. The van der Waals surface area contributed by atoms with Crippen LogP contribution in [0, 0.1) is 0 Å². The summed E-state index contributed by atoms with van der Waals surface area (Å²) in [7, 11) is 0. The van der Waals surface area contributed by atoms with E-state index >= 15 is 0 Å². The fraction of sp³-hybridized carbons (Fsp3) is 0.471. The zero-order chi connectivity index (χ0) is 17.5. The maximum absolute atomic E-state index is 12.2. The Morgan fingerprint density at radius 3 is 2.62 bits per heavy atom. The van der Waals surface area contributed by atoms with Crippen molar-refractivity contribution < 1.29 is 19.1 Å². The van der Waals surface area contributed by atoms with Gasteiger partial charge in [0.2, 0.25) is 11.8 Å². The summed E-state index contributed by atoms with van der Waals surface area (Å²) >= 11 is 0. The lowest BCUT2D eigenvalue weighted by molar-refractivity contribution is -0.136. The van der Waals surface area contributed by atoms with Crippen LogP contribution in [0.5, 0.6) is 5.75 Å². The summed E-state index contributed by atoms with van der Waals surface area (Å²) in [6.07, 6.45) is 2.23. The molecule has 1 unspecified atom stereocenters. The number of nitrogens with one attached hydrogen (secondary N) is 1. The van der Waals surface area contributed by atoms with Gasteiger partial charge in [0.05, 0.1) is 13.2 Å². The fourth-order valence-electron chi connectivity index (χ4n) is 2.64. The van der Waals surface area contributed by atoms with Crippen LogP contribution in [0.1, 0.15) is 36.5 Å². The van der Waals surface area contributed by atoms with Crippen LogP contribution in [-0.2, 0) is 9.59 Å². The number of nitrogens with two attached hydrogens (primary N) is 1. The number of likely N-dealkylation sites (tertiary alicyclic amines) is 1. The van der Waals surface area contributed by atoms with Gasteiger partial charge in [0.25, 0.3) is 5.91 Å². The van der Waals surface area contributed by atoms with Gasteiger partial charge in [-0.1, -0.05) is 6.92 Å². The molecular formula is C17H23N3O4. The summed E-state index contributed by atoms with van der Waals surface area (Å²) in [6.45, 7) is 2.97. The third-order valence-corrected chi connectivity index (χ3v) is 3.89. The predicted octanol–water partition coefficient (Wildman–Crippen LogP) is 0.682. The largest absolute Gasteiger partial charge is 0.494 e. The third kappa shape index (κ3) is 4.47. The van der Waals surface area contributed by atoms with E-state index in [1.54, 1.807) is 24.3 Å². The van der Waals surface area contributed by atoms with E-state index < -0.39 is 11.9 Å². The minimum absolute atomic E-state index is 0.156. The van der Waals surface area contributed by atoms with Gasteiger partial charge in [0, 0.05) is 12.1 Å². The van der Waals surface area contributed by atoms with Crippen LogP contribution in [0.2, 0.25) is 0 Å². The monoisotopic (exact) mass is 333 g/mol. The fourth-order valence-corrected chi connectivity index (χ4v) is 2.64. The van der Waals surface area contributed by atoms with Gasteiger partial charge < -0.3 is 20.7 Å². The highest BCUT2D eigenvalue weighted by molar-refractivity contribution is 5.97. The first kappa shape index (κ1) is 17.8. The second kappa shape index (κ2) is 8.33. The lowest BCUT2D eigenvalue weighted by atomic mass is 10.2. The summed E-state index contributed by atoms with van der Waals surface area (Å²) < 4.78 is 5.45. The van der Waals surface area contributed by atoms with E-state index in [2.05, 4.69) is 5.32 Å². The smallest absolute Gasteiger partial charge is 0.251 e. The van der Waals surface area contributed by atoms with E-state index in [1.165, 1.54) is 4.90 Å². The zero-order valence-electron chi connectivity index (χ0n) is 13.8. The molecule has 1 aromatic rings. The van der Waals surface area contributed by atoms with Crippen molar-refractivity contribution in [1.29, 1.82) is 0 Å². The first-order valence-corrected chi connectivity index (χ1v) is 8.12. The van der Waals surface area contributed by atoms with Crippen LogP contribution in [-0.4, -0.2) is 48.4 Å². The van der Waals surface area contributed by atoms with Crippen LogP contribution in [0.4, 0.5) is 0 Å². The van der Waals surface area contributed by atoms with Crippen molar-refractivity contribution in [2.24, 2.45) is 5.73 Å². The molecule has 24 heavy (non-hydrogen) atoms. The molecule has 1 heterocycles. The lowest BCUT2D eigenvalue weighted by Crippen LogP contribution is -2.47. The maximum Gasteiger partial charge on any atom is 0.251 e. The molecule has 1 aliphatic rings. The Bertz CT molecular complexity index is 600. The molecule has 7 heteroatoms. The van der Waals surface area contributed by atoms with Gasteiger partial charge in [-0.15, -0.1) is 0 Å². The van der Waals surface area contributed by atoms with Crippen molar-refractivity contribution in [2.75, 3.05) is 19.7 Å².